The Bertz CT molecular complexity index is 1350. The molecule has 7 nitrogen and oxygen atoms in total. The van der Waals surface area contributed by atoms with Gasteiger partial charge in [0.15, 0.2) is 9.84 Å². The molecule has 2 aliphatic rings. The first-order chi connectivity index (χ1) is 17.7. The van der Waals surface area contributed by atoms with Crippen molar-refractivity contribution in [1.82, 2.24) is 15.2 Å². The van der Waals surface area contributed by atoms with Crippen LogP contribution < -0.4 is 5.32 Å². The largest absolute Gasteiger partial charge is 0.416 e. The number of hydrogen-bond acceptors (Lipinski definition) is 5. The second-order valence-electron chi connectivity index (χ2n) is 9.54. The molecule has 1 saturated carbocycles. The second kappa shape index (κ2) is 10.2. The average Bonchev–Trinajstić information content (AvgIpc) is 3.57. The van der Waals surface area contributed by atoms with Crippen LogP contribution in [-0.4, -0.2) is 55.4 Å². The van der Waals surface area contributed by atoms with Gasteiger partial charge in [-0.05, 0) is 43.4 Å². The van der Waals surface area contributed by atoms with E-state index in [1.807, 2.05) is 0 Å². The van der Waals surface area contributed by atoms with Crippen molar-refractivity contribution in [1.29, 1.82) is 0 Å². The van der Waals surface area contributed by atoms with Gasteiger partial charge in [-0.1, -0.05) is 6.07 Å². The third-order valence-electron chi connectivity index (χ3n) is 6.70. The van der Waals surface area contributed by atoms with E-state index >= 15 is 0 Å². The number of sulfone groups is 1. The molecule has 1 aliphatic heterocycles. The molecule has 0 unspecified atom stereocenters. The first-order valence-corrected chi connectivity index (χ1v) is 13.5. The summed E-state index contributed by atoms with van der Waals surface area (Å²) in [5.41, 5.74) is -1.61. The number of rotatable bonds is 7. The minimum absolute atomic E-state index is 0.180. The molecule has 2 fully saturated rings. The van der Waals surface area contributed by atoms with E-state index in [-0.39, 0.29) is 21.9 Å². The number of nitrogens with one attached hydrogen (secondary N) is 1. The lowest BCUT2D eigenvalue weighted by Gasteiger charge is -2.27. The van der Waals surface area contributed by atoms with Gasteiger partial charge in [-0.3, -0.25) is 14.6 Å². The number of aromatic nitrogens is 1. The number of pyridine rings is 1. The van der Waals surface area contributed by atoms with Crippen LogP contribution in [0.2, 0.25) is 0 Å². The van der Waals surface area contributed by atoms with Crippen molar-refractivity contribution in [2.45, 2.75) is 48.8 Å². The summed E-state index contributed by atoms with van der Waals surface area (Å²) < 4.78 is 104. The van der Waals surface area contributed by atoms with E-state index in [0.29, 0.717) is 25.0 Å². The lowest BCUT2D eigenvalue weighted by atomic mass is 9.98. The Morgan fingerprint density at radius 2 is 1.79 bits per heavy atom. The van der Waals surface area contributed by atoms with E-state index in [4.69, 9.17) is 0 Å². The average molecular weight is 564 g/mol. The number of benzene rings is 1. The highest BCUT2D eigenvalue weighted by atomic mass is 32.2. The third-order valence-corrected chi connectivity index (χ3v) is 7.78. The Kier molecular flexibility index (Phi) is 7.47. The van der Waals surface area contributed by atoms with Crippen LogP contribution in [0.25, 0.3) is 0 Å². The lowest BCUT2D eigenvalue weighted by molar-refractivity contribution is -0.137. The lowest BCUT2D eigenvalue weighted by Crippen LogP contribution is -2.47. The molecule has 1 aromatic carbocycles. The molecule has 38 heavy (non-hydrogen) atoms. The van der Waals surface area contributed by atoms with Gasteiger partial charge in [-0.2, -0.15) is 13.2 Å². The molecule has 0 spiro atoms. The minimum Gasteiger partial charge on any atom is -0.347 e. The molecular formula is C24H23F6N3O4S. The van der Waals surface area contributed by atoms with Gasteiger partial charge in [-0.25, -0.2) is 21.6 Å². The van der Waals surface area contributed by atoms with E-state index in [0.717, 1.165) is 35.7 Å². The third kappa shape index (κ3) is 5.94. The zero-order valence-electron chi connectivity index (χ0n) is 19.9. The summed E-state index contributed by atoms with van der Waals surface area (Å²) in [5.74, 6) is -4.58. The summed E-state index contributed by atoms with van der Waals surface area (Å²) >= 11 is 0. The highest BCUT2D eigenvalue weighted by Gasteiger charge is 2.45. The molecule has 2 heterocycles. The van der Waals surface area contributed by atoms with Gasteiger partial charge >= 0.3 is 6.18 Å². The number of alkyl halides is 5. The van der Waals surface area contributed by atoms with Gasteiger partial charge in [0.1, 0.15) is 11.9 Å². The number of hydrogen-bond donors (Lipinski definition) is 1. The molecular weight excluding hydrogens is 540 g/mol. The molecule has 1 aromatic heterocycles. The second-order valence-corrected chi connectivity index (χ2v) is 11.6. The number of amides is 2. The molecule has 2 amide bonds. The van der Waals surface area contributed by atoms with E-state index in [1.54, 1.807) is 0 Å². The maximum atomic E-state index is 14.7. The van der Waals surface area contributed by atoms with Crippen LogP contribution in [0.5, 0.6) is 0 Å². The maximum Gasteiger partial charge on any atom is 0.416 e. The Morgan fingerprint density at radius 3 is 2.34 bits per heavy atom. The van der Waals surface area contributed by atoms with E-state index in [9.17, 15) is 44.3 Å². The normalized spacial score (nSPS) is 21.0. The molecule has 1 saturated heterocycles. The molecule has 206 valence electrons. The molecule has 4 rings (SSSR count). The molecule has 3 atom stereocenters. The Balaban J connectivity index is 1.61. The van der Waals surface area contributed by atoms with Crippen molar-refractivity contribution in [3.05, 3.63) is 59.2 Å². The first-order valence-electron chi connectivity index (χ1n) is 11.6. The predicted octanol–water partition coefficient (Wildman–Crippen LogP) is 4.01. The SMILES string of the molecule is CS(=O)(=O)c1cncc(C(=O)N2C[C@H](C(F)F)C[C@@H]2C(=O)N[C@@H](c2ccc(C(F)(F)F)cc2F)C2CC2)c1. The van der Waals surface area contributed by atoms with Crippen molar-refractivity contribution in [2.24, 2.45) is 11.8 Å². The summed E-state index contributed by atoms with van der Waals surface area (Å²) in [7, 11) is -3.74. The standard InChI is InChI=1S/C24H23F6N3O4S/c1-38(36,37)16-6-13(9-31-10-16)23(35)33-11-14(21(26)27)7-19(33)22(34)32-20(12-2-3-12)17-5-4-15(8-18(17)25)24(28,29)30/h4-6,8-10,12,14,19-21H,2-3,7,11H2,1H3,(H,32,34)/t14-,19-,20-/m1/s1. The monoisotopic (exact) mass is 563 g/mol. The van der Waals surface area contributed by atoms with Crippen LogP contribution in [0, 0.1) is 17.7 Å². The van der Waals surface area contributed by atoms with Crippen molar-refractivity contribution in [3.63, 3.8) is 0 Å². The van der Waals surface area contributed by atoms with Crippen molar-refractivity contribution in [2.75, 3.05) is 12.8 Å². The van der Waals surface area contributed by atoms with Gasteiger partial charge in [0.25, 0.3) is 5.91 Å². The fraction of sp³-hybridized carbons (Fsp3) is 0.458. The molecule has 1 aliphatic carbocycles. The number of likely N-dealkylation sites (tertiary alicyclic amines) is 1. The summed E-state index contributed by atoms with van der Waals surface area (Å²) in [5, 5.41) is 2.56. The van der Waals surface area contributed by atoms with Crippen LogP contribution in [-0.2, 0) is 20.8 Å². The van der Waals surface area contributed by atoms with Crippen LogP contribution in [0.15, 0.2) is 41.6 Å². The van der Waals surface area contributed by atoms with Gasteiger partial charge < -0.3 is 10.2 Å². The van der Waals surface area contributed by atoms with Crippen LogP contribution >= 0.6 is 0 Å². The predicted molar refractivity (Wildman–Crippen MR) is 121 cm³/mol. The van der Waals surface area contributed by atoms with Gasteiger partial charge in [-0.15, -0.1) is 0 Å². The van der Waals surface area contributed by atoms with Crippen molar-refractivity contribution < 1.29 is 44.3 Å². The number of carbonyl (C=O) groups is 2. The van der Waals surface area contributed by atoms with Crippen molar-refractivity contribution >= 4 is 21.7 Å². The van der Waals surface area contributed by atoms with E-state index in [2.05, 4.69) is 10.3 Å². The Hall–Kier alpha value is -3.16. The number of halogens is 6. The summed E-state index contributed by atoms with van der Waals surface area (Å²) in [6, 6.07) is 0.560. The Labute approximate surface area is 214 Å². The zero-order chi connectivity index (χ0) is 28.0. The topological polar surface area (TPSA) is 96.4 Å². The quantitative estimate of drug-likeness (QED) is 0.514. The maximum absolute atomic E-state index is 14.7. The number of carbonyl (C=O) groups excluding carboxylic acids is 2. The van der Waals surface area contributed by atoms with E-state index in [1.165, 1.54) is 0 Å². The van der Waals surface area contributed by atoms with Gasteiger partial charge in [0.05, 0.1) is 22.1 Å². The van der Waals surface area contributed by atoms with Crippen molar-refractivity contribution in [3.8, 4) is 0 Å². The van der Waals surface area contributed by atoms with Gasteiger partial charge in [0, 0.05) is 36.7 Å². The highest BCUT2D eigenvalue weighted by molar-refractivity contribution is 7.90. The smallest absolute Gasteiger partial charge is 0.347 e. The molecule has 0 bridgehead atoms. The van der Waals surface area contributed by atoms with Gasteiger partial charge in [0.2, 0.25) is 12.3 Å². The van der Waals surface area contributed by atoms with Crippen LogP contribution in [0.1, 0.15) is 46.8 Å². The Morgan fingerprint density at radius 1 is 1.11 bits per heavy atom. The van der Waals surface area contributed by atoms with E-state index < -0.39 is 76.6 Å². The fourth-order valence-corrected chi connectivity index (χ4v) is 5.11. The first kappa shape index (κ1) is 27.9. The van der Waals surface area contributed by atoms with Crippen LogP contribution in [0.4, 0.5) is 26.3 Å². The summed E-state index contributed by atoms with van der Waals surface area (Å²) in [6.45, 7) is -0.500. The highest BCUT2D eigenvalue weighted by Crippen LogP contribution is 2.43. The molecule has 1 N–H and O–H groups in total. The minimum atomic E-state index is -4.77. The zero-order valence-corrected chi connectivity index (χ0v) is 20.7. The molecule has 14 heteroatoms. The summed E-state index contributed by atoms with van der Waals surface area (Å²) in [4.78, 5) is 30.8. The summed E-state index contributed by atoms with van der Waals surface area (Å²) in [6.07, 6.45) is -3.97. The molecule has 2 aromatic rings. The van der Waals surface area contributed by atoms with Crippen LogP contribution in [0.3, 0.4) is 0 Å². The fourth-order valence-electron chi connectivity index (χ4n) is 4.51. The number of nitrogens with zero attached hydrogens (tertiary/aromatic N) is 2. The molecule has 0 radical (unpaired) electrons.